The molecule has 164 valence electrons. The molecule has 0 heterocycles. The number of rotatable bonds is 11. The van der Waals surface area contributed by atoms with Gasteiger partial charge >= 0.3 is 0 Å². The number of amides is 1. The van der Waals surface area contributed by atoms with Gasteiger partial charge in [-0.1, -0.05) is 43.2 Å². The molecule has 1 fully saturated rings. The van der Waals surface area contributed by atoms with Gasteiger partial charge < -0.3 is 20.7 Å². The molecule has 2 rings (SSSR count). The predicted molar refractivity (Wildman–Crippen MR) is 130 cm³/mol. The molecule has 0 spiro atoms. The molecule has 0 saturated heterocycles. The van der Waals surface area contributed by atoms with E-state index in [0.29, 0.717) is 24.9 Å². The Hall–Kier alpha value is -1.35. The maximum atomic E-state index is 12.0. The van der Waals surface area contributed by atoms with E-state index in [1.807, 2.05) is 37.3 Å². The van der Waals surface area contributed by atoms with Crippen molar-refractivity contribution in [2.75, 3.05) is 33.4 Å². The molecule has 1 aromatic carbocycles. The van der Waals surface area contributed by atoms with E-state index in [-0.39, 0.29) is 29.9 Å². The Morgan fingerprint density at radius 2 is 1.86 bits per heavy atom. The zero-order valence-corrected chi connectivity index (χ0v) is 20.2. The molecule has 29 heavy (non-hydrogen) atoms. The van der Waals surface area contributed by atoms with Gasteiger partial charge in [0.1, 0.15) is 0 Å². The maximum Gasteiger partial charge on any atom is 0.222 e. The predicted octanol–water partition coefficient (Wildman–Crippen LogP) is 3.46. The SMILES string of the molecule is CCOCCC1(CNC(=NC)NCCC(=O)NCc2ccccc2)CCCC1.I. The van der Waals surface area contributed by atoms with Gasteiger partial charge in [-0.15, -0.1) is 24.0 Å². The van der Waals surface area contributed by atoms with Gasteiger partial charge in [0.2, 0.25) is 5.91 Å². The van der Waals surface area contributed by atoms with E-state index in [1.165, 1.54) is 25.7 Å². The van der Waals surface area contributed by atoms with Gasteiger partial charge in [-0.2, -0.15) is 0 Å². The highest BCUT2D eigenvalue weighted by Gasteiger charge is 2.33. The number of ether oxygens (including phenoxy) is 1. The Balaban J connectivity index is 0.00000420. The van der Waals surface area contributed by atoms with Crippen LogP contribution in [0.15, 0.2) is 35.3 Å². The van der Waals surface area contributed by atoms with Gasteiger partial charge in [0.15, 0.2) is 5.96 Å². The van der Waals surface area contributed by atoms with Crippen molar-refractivity contribution in [1.82, 2.24) is 16.0 Å². The van der Waals surface area contributed by atoms with Gasteiger partial charge in [-0.25, -0.2) is 0 Å². The van der Waals surface area contributed by atoms with E-state index in [2.05, 4.69) is 20.9 Å². The lowest BCUT2D eigenvalue weighted by atomic mass is 9.83. The van der Waals surface area contributed by atoms with Gasteiger partial charge in [0.25, 0.3) is 0 Å². The van der Waals surface area contributed by atoms with E-state index in [0.717, 1.165) is 37.7 Å². The molecule has 1 saturated carbocycles. The quantitative estimate of drug-likeness (QED) is 0.182. The summed E-state index contributed by atoms with van der Waals surface area (Å²) in [4.78, 5) is 16.3. The largest absolute Gasteiger partial charge is 0.382 e. The lowest BCUT2D eigenvalue weighted by Crippen LogP contribution is -2.44. The van der Waals surface area contributed by atoms with Crippen molar-refractivity contribution in [2.24, 2.45) is 10.4 Å². The Kier molecular flexibility index (Phi) is 12.9. The molecule has 3 N–H and O–H groups in total. The summed E-state index contributed by atoms with van der Waals surface area (Å²) in [6, 6.07) is 9.94. The topological polar surface area (TPSA) is 74.8 Å². The van der Waals surface area contributed by atoms with E-state index in [4.69, 9.17) is 4.74 Å². The zero-order chi connectivity index (χ0) is 20.1. The van der Waals surface area contributed by atoms with Crippen LogP contribution >= 0.6 is 24.0 Å². The van der Waals surface area contributed by atoms with Crippen molar-refractivity contribution in [3.05, 3.63) is 35.9 Å². The summed E-state index contributed by atoms with van der Waals surface area (Å²) in [7, 11) is 1.77. The minimum atomic E-state index is 0. The first-order valence-corrected chi connectivity index (χ1v) is 10.5. The molecule has 0 atom stereocenters. The van der Waals surface area contributed by atoms with Crippen LogP contribution in [0, 0.1) is 5.41 Å². The number of nitrogens with one attached hydrogen (secondary N) is 3. The third-order valence-electron chi connectivity index (χ3n) is 5.48. The van der Waals surface area contributed by atoms with Crippen LogP contribution in [0.4, 0.5) is 0 Å². The van der Waals surface area contributed by atoms with Crippen LogP contribution in [0.3, 0.4) is 0 Å². The summed E-state index contributed by atoms with van der Waals surface area (Å²) in [5.41, 5.74) is 1.41. The zero-order valence-electron chi connectivity index (χ0n) is 17.8. The lowest BCUT2D eigenvalue weighted by molar-refractivity contribution is -0.121. The van der Waals surface area contributed by atoms with Crippen molar-refractivity contribution in [2.45, 2.75) is 52.0 Å². The average molecular weight is 516 g/mol. The van der Waals surface area contributed by atoms with Crippen molar-refractivity contribution in [3.63, 3.8) is 0 Å². The van der Waals surface area contributed by atoms with Crippen LogP contribution in [0.5, 0.6) is 0 Å². The highest BCUT2D eigenvalue weighted by atomic mass is 127. The van der Waals surface area contributed by atoms with Gasteiger partial charge in [-0.05, 0) is 37.2 Å². The smallest absolute Gasteiger partial charge is 0.222 e. The first kappa shape index (κ1) is 25.7. The molecule has 6 nitrogen and oxygen atoms in total. The number of guanidine groups is 1. The number of carbonyl (C=O) groups is 1. The normalized spacial score (nSPS) is 15.4. The molecular formula is C22H37IN4O2. The van der Waals surface area contributed by atoms with Crippen LogP contribution in [0.2, 0.25) is 0 Å². The minimum absolute atomic E-state index is 0. The number of nitrogens with zero attached hydrogens (tertiary/aromatic N) is 1. The van der Waals surface area contributed by atoms with Gasteiger partial charge in [0, 0.05) is 46.3 Å². The average Bonchev–Trinajstić information content (AvgIpc) is 3.19. The summed E-state index contributed by atoms with van der Waals surface area (Å²) in [6.45, 7) is 5.67. The van der Waals surface area contributed by atoms with Crippen LogP contribution < -0.4 is 16.0 Å². The third kappa shape index (κ3) is 9.80. The molecule has 1 amide bonds. The maximum absolute atomic E-state index is 12.0. The molecule has 7 heteroatoms. The third-order valence-corrected chi connectivity index (χ3v) is 5.48. The Bertz CT molecular complexity index is 604. The fourth-order valence-electron chi connectivity index (χ4n) is 3.74. The minimum Gasteiger partial charge on any atom is -0.382 e. The molecule has 0 aliphatic heterocycles. The fraction of sp³-hybridized carbons (Fsp3) is 0.636. The summed E-state index contributed by atoms with van der Waals surface area (Å²) < 4.78 is 5.58. The fourth-order valence-corrected chi connectivity index (χ4v) is 3.74. The number of hydrogen-bond acceptors (Lipinski definition) is 3. The summed E-state index contributed by atoms with van der Waals surface area (Å²) in [5.74, 6) is 0.800. The first-order chi connectivity index (χ1) is 13.7. The van der Waals surface area contributed by atoms with E-state index in [9.17, 15) is 4.79 Å². The van der Waals surface area contributed by atoms with Crippen LogP contribution in [-0.2, 0) is 16.1 Å². The Morgan fingerprint density at radius 1 is 1.14 bits per heavy atom. The van der Waals surface area contributed by atoms with Gasteiger partial charge in [0.05, 0.1) is 0 Å². The van der Waals surface area contributed by atoms with Crippen LogP contribution in [0.25, 0.3) is 0 Å². The molecule has 1 aromatic rings. The first-order valence-electron chi connectivity index (χ1n) is 10.5. The second kappa shape index (κ2) is 14.6. The number of halogens is 1. The number of aliphatic imine (C=N–C) groups is 1. The molecule has 0 aromatic heterocycles. The summed E-state index contributed by atoms with van der Waals surface area (Å²) >= 11 is 0. The summed E-state index contributed by atoms with van der Waals surface area (Å²) in [5, 5.41) is 9.67. The van der Waals surface area contributed by atoms with Crippen molar-refractivity contribution in [3.8, 4) is 0 Å². The number of benzene rings is 1. The highest BCUT2D eigenvalue weighted by molar-refractivity contribution is 14.0. The lowest BCUT2D eigenvalue weighted by Gasteiger charge is -2.30. The van der Waals surface area contributed by atoms with Crippen LogP contribution in [-0.4, -0.2) is 45.2 Å². The standard InChI is InChI=1S/C22H36N4O2.HI/c1-3-28-16-14-22(12-7-8-13-22)18-26-21(23-2)24-15-11-20(27)25-17-19-9-5-4-6-10-19;/h4-6,9-10H,3,7-8,11-18H2,1-2H3,(H,25,27)(H2,23,24,26);1H. The molecule has 0 radical (unpaired) electrons. The molecular weight excluding hydrogens is 479 g/mol. The molecule has 1 aliphatic rings. The number of carbonyl (C=O) groups excluding carboxylic acids is 1. The highest BCUT2D eigenvalue weighted by Crippen LogP contribution is 2.40. The van der Waals surface area contributed by atoms with Gasteiger partial charge in [-0.3, -0.25) is 9.79 Å². The molecule has 0 unspecified atom stereocenters. The van der Waals surface area contributed by atoms with Crippen molar-refractivity contribution in [1.29, 1.82) is 0 Å². The Labute approximate surface area is 192 Å². The summed E-state index contributed by atoms with van der Waals surface area (Å²) in [6.07, 6.45) is 6.58. The number of hydrogen-bond donors (Lipinski definition) is 3. The van der Waals surface area contributed by atoms with E-state index >= 15 is 0 Å². The van der Waals surface area contributed by atoms with Crippen molar-refractivity contribution >= 4 is 35.8 Å². The molecule has 0 bridgehead atoms. The van der Waals surface area contributed by atoms with E-state index < -0.39 is 0 Å². The Morgan fingerprint density at radius 3 is 2.52 bits per heavy atom. The van der Waals surface area contributed by atoms with Crippen molar-refractivity contribution < 1.29 is 9.53 Å². The monoisotopic (exact) mass is 516 g/mol. The van der Waals surface area contributed by atoms with E-state index in [1.54, 1.807) is 7.05 Å². The molecule has 1 aliphatic carbocycles. The second-order valence-corrected chi connectivity index (χ2v) is 7.52. The van der Waals surface area contributed by atoms with Crippen LogP contribution in [0.1, 0.15) is 51.0 Å². The second-order valence-electron chi connectivity index (χ2n) is 7.52.